The smallest absolute Gasteiger partial charge is 0.126 e. The van der Waals surface area contributed by atoms with Crippen LogP contribution in [0.5, 0.6) is 0 Å². The van der Waals surface area contributed by atoms with Gasteiger partial charge in [-0.15, -0.1) is 0 Å². The maximum Gasteiger partial charge on any atom is 0.126 e. The summed E-state index contributed by atoms with van der Waals surface area (Å²) in [6, 6.07) is 3.81. The lowest BCUT2D eigenvalue weighted by Crippen LogP contribution is -2.47. The molecule has 2 nitrogen and oxygen atoms in total. The highest BCUT2D eigenvalue weighted by Gasteiger charge is 2.33. The molecule has 1 aromatic rings. The van der Waals surface area contributed by atoms with Gasteiger partial charge in [0.1, 0.15) is 11.6 Å². The summed E-state index contributed by atoms with van der Waals surface area (Å²) in [6.07, 6.45) is 2.50. The van der Waals surface area contributed by atoms with Crippen molar-refractivity contribution in [2.45, 2.75) is 45.6 Å². The van der Waals surface area contributed by atoms with Crippen LogP contribution >= 0.6 is 0 Å². The molecule has 0 atom stereocenters. The first kappa shape index (κ1) is 16.4. The van der Waals surface area contributed by atoms with Crippen molar-refractivity contribution in [3.63, 3.8) is 0 Å². The average Bonchev–Trinajstić information content (AvgIpc) is 2.35. The summed E-state index contributed by atoms with van der Waals surface area (Å²) in [5.74, 6) is -1.01. The van der Waals surface area contributed by atoms with Crippen molar-refractivity contribution in [1.29, 1.82) is 0 Å². The Morgan fingerprint density at radius 3 is 2.19 bits per heavy atom. The molecular weight excluding hydrogens is 272 g/mol. The predicted molar refractivity (Wildman–Crippen MR) is 80.3 cm³/mol. The monoisotopic (exact) mass is 297 g/mol. The molecule has 1 aliphatic rings. The van der Waals surface area contributed by atoms with Crippen molar-refractivity contribution in [3.05, 3.63) is 35.4 Å². The summed E-state index contributed by atoms with van der Waals surface area (Å²) < 4.78 is 32.3. The predicted octanol–water partition coefficient (Wildman–Crippen LogP) is 3.69. The van der Waals surface area contributed by atoms with Crippen LogP contribution in [0.3, 0.4) is 0 Å². The van der Waals surface area contributed by atoms with Gasteiger partial charge in [-0.05, 0) is 63.1 Å². The molecule has 4 heteroatoms. The van der Waals surface area contributed by atoms with Gasteiger partial charge < -0.3 is 10.1 Å². The summed E-state index contributed by atoms with van der Waals surface area (Å²) in [5, 5.41) is 3.54. The van der Waals surface area contributed by atoms with Gasteiger partial charge in [-0.25, -0.2) is 8.78 Å². The number of halogens is 2. The van der Waals surface area contributed by atoms with Crippen LogP contribution in [0, 0.1) is 17.0 Å². The van der Waals surface area contributed by atoms with Gasteiger partial charge in [-0.2, -0.15) is 0 Å². The normalized spacial score (nSPS) is 18.7. The van der Waals surface area contributed by atoms with E-state index in [-0.39, 0.29) is 11.0 Å². The van der Waals surface area contributed by atoms with Gasteiger partial charge in [0.05, 0.1) is 0 Å². The minimum absolute atomic E-state index is 0.00572. The first-order chi connectivity index (χ1) is 9.78. The second kappa shape index (κ2) is 6.41. The molecule has 0 amide bonds. The zero-order valence-electron chi connectivity index (χ0n) is 13.1. The molecule has 1 aliphatic heterocycles. The second-order valence-electron chi connectivity index (χ2n) is 7.17. The van der Waals surface area contributed by atoms with E-state index < -0.39 is 11.6 Å². The Kier molecular flexibility index (Phi) is 4.99. The third-order valence-corrected chi connectivity index (χ3v) is 4.05. The van der Waals surface area contributed by atoms with E-state index in [9.17, 15) is 8.78 Å². The summed E-state index contributed by atoms with van der Waals surface area (Å²) in [6.45, 7) is 8.64. The van der Waals surface area contributed by atoms with Crippen LogP contribution in [-0.4, -0.2) is 25.3 Å². The van der Waals surface area contributed by atoms with Crippen LogP contribution in [0.1, 0.15) is 39.2 Å². The third-order valence-electron chi connectivity index (χ3n) is 4.05. The first-order valence-corrected chi connectivity index (χ1v) is 7.56. The second-order valence-corrected chi connectivity index (χ2v) is 7.17. The van der Waals surface area contributed by atoms with Crippen molar-refractivity contribution in [2.24, 2.45) is 5.41 Å². The van der Waals surface area contributed by atoms with Crippen LogP contribution in [0.4, 0.5) is 8.78 Å². The highest BCUT2D eigenvalue weighted by Crippen LogP contribution is 2.34. The maximum atomic E-state index is 13.4. The van der Waals surface area contributed by atoms with Gasteiger partial charge in [0.2, 0.25) is 0 Å². The van der Waals surface area contributed by atoms with Gasteiger partial charge >= 0.3 is 0 Å². The Morgan fingerprint density at radius 2 is 1.67 bits per heavy atom. The zero-order chi connectivity index (χ0) is 15.5. The van der Waals surface area contributed by atoms with Gasteiger partial charge in [0.25, 0.3) is 0 Å². The van der Waals surface area contributed by atoms with Crippen LogP contribution < -0.4 is 5.32 Å². The van der Waals surface area contributed by atoms with Crippen LogP contribution in [0.2, 0.25) is 0 Å². The largest absolute Gasteiger partial charge is 0.381 e. The number of benzene rings is 1. The zero-order valence-corrected chi connectivity index (χ0v) is 13.1. The van der Waals surface area contributed by atoms with E-state index in [0.29, 0.717) is 19.6 Å². The quantitative estimate of drug-likeness (QED) is 0.915. The van der Waals surface area contributed by atoms with Crippen molar-refractivity contribution in [3.8, 4) is 0 Å². The van der Waals surface area contributed by atoms with Crippen LogP contribution in [-0.2, 0) is 11.2 Å². The van der Waals surface area contributed by atoms with Gasteiger partial charge in [-0.3, -0.25) is 0 Å². The molecule has 0 unspecified atom stereocenters. The number of hydrogen-bond donors (Lipinski definition) is 1. The number of nitrogens with one attached hydrogen (secondary N) is 1. The highest BCUT2D eigenvalue weighted by molar-refractivity contribution is 5.20. The standard InChI is InChI=1S/C17H25F2NO/c1-16(2,3)20-12-17(4-6-21-7-5-17)11-13-8-14(18)10-15(19)9-13/h8-10,20H,4-7,11-12H2,1-3H3. The van der Waals surface area contributed by atoms with Gasteiger partial charge in [-0.1, -0.05) is 0 Å². The molecular formula is C17H25F2NO. The Bertz CT molecular complexity index is 456. The topological polar surface area (TPSA) is 21.3 Å². The molecule has 0 spiro atoms. The Morgan fingerprint density at radius 1 is 1.10 bits per heavy atom. The lowest BCUT2D eigenvalue weighted by atomic mass is 9.74. The molecule has 1 fully saturated rings. The molecule has 2 rings (SSSR count). The lowest BCUT2D eigenvalue weighted by Gasteiger charge is -2.40. The molecule has 0 bridgehead atoms. The van der Waals surface area contributed by atoms with Crippen LogP contribution in [0.25, 0.3) is 0 Å². The molecule has 1 N–H and O–H groups in total. The molecule has 21 heavy (non-hydrogen) atoms. The SMILES string of the molecule is CC(C)(C)NCC1(Cc2cc(F)cc(F)c2)CCOCC1. The van der Waals surface area contributed by atoms with E-state index in [1.807, 2.05) is 0 Å². The summed E-state index contributed by atoms with van der Waals surface area (Å²) in [7, 11) is 0. The minimum Gasteiger partial charge on any atom is -0.381 e. The van der Waals surface area contributed by atoms with Crippen molar-refractivity contribution in [1.82, 2.24) is 5.32 Å². The Hall–Kier alpha value is -1.00. The fraction of sp³-hybridized carbons (Fsp3) is 0.647. The first-order valence-electron chi connectivity index (χ1n) is 7.56. The van der Waals surface area contributed by atoms with E-state index in [1.54, 1.807) is 0 Å². The van der Waals surface area contributed by atoms with Gasteiger partial charge in [0.15, 0.2) is 0 Å². The van der Waals surface area contributed by atoms with Crippen molar-refractivity contribution < 1.29 is 13.5 Å². The number of ether oxygens (including phenoxy) is 1. The summed E-state index contributed by atoms with van der Waals surface area (Å²) in [4.78, 5) is 0. The molecule has 1 heterocycles. The minimum atomic E-state index is -0.504. The third kappa shape index (κ3) is 5.04. The summed E-state index contributed by atoms with van der Waals surface area (Å²) >= 11 is 0. The average molecular weight is 297 g/mol. The maximum absolute atomic E-state index is 13.4. The van der Waals surface area contributed by atoms with E-state index in [2.05, 4.69) is 26.1 Å². The van der Waals surface area contributed by atoms with E-state index in [4.69, 9.17) is 4.74 Å². The molecule has 0 saturated carbocycles. The Labute approximate surface area is 125 Å². The van der Waals surface area contributed by atoms with Crippen LogP contribution in [0.15, 0.2) is 18.2 Å². The molecule has 0 aromatic heterocycles. The van der Waals surface area contributed by atoms with E-state index in [1.165, 1.54) is 12.1 Å². The number of rotatable bonds is 4. The molecule has 1 aromatic carbocycles. The molecule has 0 radical (unpaired) electrons. The summed E-state index contributed by atoms with van der Waals surface area (Å²) in [5.41, 5.74) is 0.759. The number of hydrogen-bond acceptors (Lipinski definition) is 2. The van der Waals surface area contributed by atoms with Crippen molar-refractivity contribution >= 4 is 0 Å². The fourth-order valence-corrected chi connectivity index (χ4v) is 2.82. The fourth-order valence-electron chi connectivity index (χ4n) is 2.82. The molecule has 118 valence electrons. The van der Waals surface area contributed by atoms with E-state index >= 15 is 0 Å². The van der Waals surface area contributed by atoms with Gasteiger partial charge in [0, 0.05) is 31.4 Å². The molecule has 1 saturated heterocycles. The van der Waals surface area contributed by atoms with E-state index in [0.717, 1.165) is 31.0 Å². The van der Waals surface area contributed by atoms with Crippen molar-refractivity contribution in [2.75, 3.05) is 19.8 Å². The highest BCUT2D eigenvalue weighted by atomic mass is 19.1. The molecule has 0 aliphatic carbocycles. The lowest BCUT2D eigenvalue weighted by molar-refractivity contribution is 0.0121. The Balaban J connectivity index is 2.15.